The molecular formula is C23H16ClFN2O3. The van der Waals surface area contributed by atoms with Crippen LogP contribution in [0.2, 0.25) is 5.02 Å². The van der Waals surface area contributed by atoms with E-state index >= 15 is 0 Å². The topological polar surface area (TPSA) is 69.6 Å². The predicted octanol–water partition coefficient (Wildman–Crippen LogP) is 4.55. The van der Waals surface area contributed by atoms with Crippen LogP contribution in [-0.2, 0) is 0 Å². The van der Waals surface area contributed by atoms with Crippen molar-refractivity contribution >= 4 is 29.1 Å². The summed E-state index contributed by atoms with van der Waals surface area (Å²) in [7, 11) is 0. The number of benzene rings is 2. The van der Waals surface area contributed by atoms with E-state index in [9.17, 15) is 19.1 Å². The number of halogens is 2. The second-order valence-electron chi connectivity index (χ2n) is 6.87. The van der Waals surface area contributed by atoms with Crippen LogP contribution >= 0.6 is 11.6 Å². The molecule has 5 nitrogen and oxygen atoms in total. The van der Waals surface area contributed by atoms with Crippen molar-refractivity contribution < 1.29 is 19.1 Å². The number of amides is 2. The van der Waals surface area contributed by atoms with E-state index in [1.165, 1.54) is 24.3 Å². The molecular weight excluding hydrogens is 407 g/mol. The van der Waals surface area contributed by atoms with Gasteiger partial charge < -0.3 is 15.3 Å². The lowest BCUT2D eigenvalue weighted by Crippen LogP contribution is -2.42. The summed E-state index contributed by atoms with van der Waals surface area (Å²) in [5.41, 5.74) is 1.32. The first-order valence-electron chi connectivity index (χ1n) is 9.25. The van der Waals surface area contributed by atoms with Crippen LogP contribution in [0.4, 0.5) is 10.1 Å². The Labute approximate surface area is 177 Å². The van der Waals surface area contributed by atoms with Gasteiger partial charge in [-0.25, -0.2) is 4.39 Å². The van der Waals surface area contributed by atoms with Crippen LogP contribution in [-0.4, -0.2) is 34.9 Å². The fraction of sp³-hybridized carbons (Fsp3) is 0.130. The van der Waals surface area contributed by atoms with Crippen molar-refractivity contribution in [3.8, 4) is 16.9 Å². The molecule has 7 heteroatoms. The molecule has 1 heterocycles. The number of likely N-dealkylation sites (tertiary alicyclic amines) is 1. The molecule has 3 aromatic rings. The van der Waals surface area contributed by atoms with E-state index in [4.69, 9.17) is 11.6 Å². The average molecular weight is 423 g/mol. The van der Waals surface area contributed by atoms with Gasteiger partial charge in [0.1, 0.15) is 5.82 Å². The van der Waals surface area contributed by atoms with Gasteiger partial charge in [-0.15, -0.1) is 0 Å². The Hall–Kier alpha value is -3.56. The van der Waals surface area contributed by atoms with Gasteiger partial charge in [0.2, 0.25) is 0 Å². The molecule has 0 spiro atoms. The number of nitrogens with zero attached hydrogens (tertiary/aromatic N) is 1. The molecule has 30 heavy (non-hydrogen) atoms. The maximum absolute atomic E-state index is 14.4. The zero-order valence-electron chi connectivity index (χ0n) is 15.7. The van der Waals surface area contributed by atoms with E-state index < -0.39 is 17.5 Å². The number of phenols is 1. The van der Waals surface area contributed by atoms with Gasteiger partial charge in [0, 0.05) is 18.7 Å². The minimum Gasteiger partial charge on any atom is -0.504 e. The third kappa shape index (κ3) is 3.80. The maximum Gasteiger partial charge on any atom is 0.258 e. The van der Waals surface area contributed by atoms with Crippen LogP contribution in [0.1, 0.15) is 27.1 Å². The van der Waals surface area contributed by atoms with Crippen molar-refractivity contribution in [2.75, 3.05) is 18.4 Å². The zero-order valence-corrected chi connectivity index (χ0v) is 16.5. The van der Waals surface area contributed by atoms with Gasteiger partial charge in [0.15, 0.2) is 5.75 Å². The summed E-state index contributed by atoms with van der Waals surface area (Å²) in [6.07, 6.45) is 0.925. The first-order valence-corrected chi connectivity index (χ1v) is 9.62. The normalized spacial score (nSPS) is 12.7. The molecule has 0 aromatic heterocycles. The average Bonchev–Trinajstić information content (AvgIpc) is 2.70. The second-order valence-corrected chi connectivity index (χ2v) is 7.28. The van der Waals surface area contributed by atoms with Crippen molar-refractivity contribution in [3.63, 3.8) is 0 Å². The smallest absolute Gasteiger partial charge is 0.258 e. The number of rotatable bonds is 4. The second kappa shape index (κ2) is 8.05. The summed E-state index contributed by atoms with van der Waals surface area (Å²) in [4.78, 5) is 26.8. The van der Waals surface area contributed by atoms with Gasteiger partial charge in [-0.1, -0.05) is 29.8 Å². The molecule has 1 aliphatic heterocycles. The number of carbonyl (C=O) groups excluding carboxylic acids is 2. The van der Waals surface area contributed by atoms with Crippen LogP contribution in [0.3, 0.4) is 0 Å². The SMILES string of the molecule is O=C(Nc1cc(C(=O)N2CCC2)cc(Cl)c1O)c1cc(-c2cc#ccc2)ccc1F. The highest BCUT2D eigenvalue weighted by molar-refractivity contribution is 6.33. The molecule has 2 amide bonds. The lowest BCUT2D eigenvalue weighted by atomic mass is 10.0. The number of hydrogen-bond donors (Lipinski definition) is 2. The first kappa shape index (κ1) is 19.7. The standard InChI is InChI=1S/C23H16ClFN2O3/c24-18-12-16(23(30)27-9-4-10-27)13-20(21(18)28)26-22(29)17-11-15(7-8-19(17)25)14-5-2-1-3-6-14/h2,5-8,11-13,28H,4,9-10H2,(H,26,29). The van der Waals surface area contributed by atoms with Crippen molar-refractivity contribution in [1.82, 2.24) is 4.90 Å². The molecule has 150 valence electrons. The number of aromatic hydroxyl groups is 1. The Morgan fingerprint density at radius 3 is 2.57 bits per heavy atom. The van der Waals surface area contributed by atoms with Gasteiger partial charge in [-0.05, 0) is 60.0 Å². The maximum atomic E-state index is 14.4. The fourth-order valence-corrected chi connectivity index (χ4v) is 3.33. The quantitative estimate of drug-likeness (QED) is 0.606. The van der Waals surface area contributed by atoms with Gasteiger partial charge in [-0.2, -0.15) is 0 Å². The molecule has 0 saturated carbocycles. The highest BCUT2D eigenvalue weighted by Crippen LogP contribution is 2.34. The molecule has 3 aromatic carbocycles. The Morgan fingerprint density at radius 2 is 1.90 bits per heavy atom. The lowest BCUT2D eigenvalue weighted by Gasteiger charge is -2.31. The monoisotopic (exact) mass is 422 g/mol. The molecule has 0 unspecified atom stereocenters. The Kier molecular flexibility index (Phi) is 5.30. The molecule has 0 aliphatic carbocycles. The highest BCUT2D eigenvalue weighted by atomic mass is 35.5. The Balaban J connectivity index is 1.64. The largest absolute Gasteiger partial charge is 0.504 e. The summed E-state index contributed by atoms with van der Waals surface area (Å²) < 4.78 is 14.4. The molecule has 4 rings (SSSR count). The van der Waals surface area contributed by atoms with Crippen molar-refractivity contribution in [2.45, 2.75) is 6.42 Å². The predicted molar refractivity (Wildman–Crippen MR) is 111 cm³/mol. The highest BCUT2D eigenvalue weighted by Gasteiger charge is 2.24. The summed E-state index contributed by atoms with van der Waals surface area (Å²) in [5.74, 6) is -2.14. The number of phenolic OH excluding ortho intramolecular Hbond substituents is 1. The van der Waals surface area contributed by atoms with Crippen LogP contribution in [0.15, 0.2) is 48.5 Å². The molecule has 1 aliphatic rings. The summed E-state index contributed by atoms with van der Waals surface area (Å²) in [6.45, 7) is 1.29. The van der Waals surface area contributed by atoms with E-state index in [2.05, 4.69) is 17.4 Å². The molecule has 2 N–H and O–H groups in total. The number of carbonyl (C=O) groups is 2. The third-order valence-electron chi connectivity index (χ3n) is 4.90. The first-order chi connectivity index (χ1) is 14.4. The molecule has 0 bridgehead atoms. The van der Waals surface area contributed by atoms with Crippen LogP contribution < -0.4 is 5.32 Å². The van der Waals surface area contributed by atoms with E-state index in [1.54, 1.807) is 29.2 Å². The van der Waals surface area contributed by atoms with Gasteiger partial charge in [-0.3, -0.25) is 9.59 Å². The van der Waals surface area contributed by atoms with Gasteiger partial charge >= 0.3 is 0 Å². The van der Waals surface area contributed by atoms with E-state index in [0.29, 0.717) is 18.7 Å². The Morgan fingerprint density at radius 1 is 1.10 bits per heavy atom. The van der Waals surface area contributed by atoms with Crippen molar-refractivity contribution in [3.05, 3.63) is 82.6 Å². The number of hydrogen-bond acceptors (Lipinski definition) is 3. The third-order valence-corrected chi connectivity index (χ3v) is 5.19. The van der Waals surface area contributed by atoms with Gasteiger partial charge in [0.25, 0.3) is 11.8 Å². The van der Waals surface area contributed by atoms with E-state index in [0.717, 1.165) is 12.0 Å². The van der Waals surface area contributed by atoms with Crippen LogP contribution in [0, 0.1) is 17.9 Å². The van der Waals surface area contributed by atoms with Crippen LogP contribution in [0.25, 0.3) is 11.1 Å². The van der Waals surface area contributed by atoms with Crippen molar-refractivity contribution in [1.29, 1.82) is 0 Å². The minimum absolute atomic E-state index is 0.0659. The molecule has 0 radical (unpaired) electrons. The Bertz CT molecular complexity index is 1130. The zero-order chi connectivity index (χ0) is 21.3. The van der Waals surface area contributed by atoms with E-state index in [1.807, 2.05) is 0 Å². The van der Waals surface area contributed by atoms with Gasteiger partial charge in [0.05, 0.1) is 16.3 Å². The molecule has 1 saturated heterocycles. The fourth-order valence-electron chi connectivity index (χ4n) is 3.11. The number of nitrogens with one attached hydrogen (secondary N) is 1. The lowest BCUT2D eigenvalue weighted by molar-refractivity contribution is 0.0651. The summed E-state index contributed by atoms with van der Waals surface area (Å²) >= 11 is 6.04. The van der Waals surface area contributed by atoms with E-state index in [-0.39, 0.29) is 27.7 Å². The minimum atomic E-state index is -0.777. The van der Waals surface area contributed by atoms with Crippen LogP contribution in [0.5, 0.6) is 5.75 Å². The summed E-state index contributed by atoms with van der Waals surface area (Å²) in [5, 5.41) is 12.6. The summed E-state index contributed by atoms with van der Waals surface area (Å²) in [6, 6.07) is 17.5. The van der Waals surface area contributed by atoms with Crippen molar-refractivity contribution in [2.24, 2.45) is 0 Å². The molecule has 1 fully saturated rings. The molecule has 0 atom stereocenters. The number of anilines is 1.